The number of halogens is 1. The minimum absolute atomic E-state index is 0.00876. The predicted molar refractivity (Wildman–Crippen MR) is 238 cm³/mol. The summed E-state index contributed by atoms with van der Waals surface area (Å²) >= 11 is 6.53. The Bertz CT molecular complexity index is 2350. The van der Waals surface area contributed by atoms with Crippen LogP contribution in [0.15, 0.2) is 24.3 Å². The third kappa shape index (κ3) is 13.5. The molecule has 362 valence electrons. The van der Waals surface area contributed by atoms with Gasteiger partial charge in [-0.3, -0.25) is 23.4 Å². The molecule has 0 unspecified atom stereocenters. The molecule has 5 atom stereocenters. The Labute approximate surface area is 386 Å². The summed E-state index contributed by atoms with van der Waals surface area (Å²) in [6, 6.07) is 5.91. The van der Waals surface area contributed by atoms with Crippen molar-refractivity contribution in [2.24, 2.45) is 28.3 Å². The Morgan fingerprint density at radius 1 is 1.02 bits per heavy atom. The Morgan fingerprint density at radius 2 is 1.66 bits per heavy atom. The zero-order chi connectivity index (χ0) is 47.8. The van der Waals surface area contributed by atoms with Crippen molar-refractivity contribution in [3.8, 4) is 11.6 Å². The van der Waals surface area contributed by atoms with Gasteiger partial charge < -0.3 is 23.8 Å². The van der Waals surface area contributed by atoms with Gasteiger partial charge in [-0.15, -0.1) is 0 Å². The number of nitrogens with two attached hydrogens (primary N) is 1. The second-order valence-corrected chi connectivity index (χ2v) is 22.2. The maximum absolute atomic E-state index is 14.9. The van der Waals surface area contributed by atoms with E-state index in [-0.39, 0.29) is 43.6 Å². The minimum atomic E-state index is -4.42. The topological polar surface area (TPSA) is 246 Å². The van der Waals surface area contributed by atoms with Gasteiger partial charge in [0, 0.05) is 37.5 Å². The van der Waals surface area contributed by atoms with Gasteiger partial charge in [0.15, 0.2) is 5.78 Å². The number of rotatable bonds is 18. The van der Waals surface area contributed by atoms with Crippen molar-refractivity contribution >= 4 is 66.7 Å². The van der Waals surface area contributed by atoms with Gasteiger partial charge in [-0.25, -0.2) is 19.0 Å². The molecule has 65 heavy (non-hydrogen) atoms. The van der Waals surface area contributed by atoms with Gasteiger partial charge in [0.1, 0.15) is 17.5 Å². The summed E-state index contributed by atoms with van der Waals surface area (Å²) in [5, 5.41) is 5.62. The first kappa shape index (κ1) is 50.7. The number of nitrogens with one attached hydrogen (secondary N) is 1. The second kappa shape index (κ2) is 19.5. The molecule has 0 bridgehead atoms. The van der Waals surface area contributed by atoms with Gasteiger partial charge >= 0.3 is 26.6 Å². The smallest absolute Gasteiger partial charge is 0.362 e. The highest BCUT2D eigenvalue weighted by atomic mass is 35.5. The molecular formula is C44H63ClN4O14S2. The molecule has 2 aliphatic heterocycles. The van der Waals surface area contributed by atoms with Crippen LogP contribution >= 0.6 is 11.6 Å². The van der Waals surface area contributed by atoms with Gasteiger partial charge in [-0.1, -0.05) is 31.0 Å². The molecule has 0 spiro atoms. The highest BCUT2D eigenvalue weighted by Crippen LogP contribution is 2.58. The van der Waals surface area contributed by atoms with Crippen LogP contribution in [0.1, 0.15) is 119 Å². The van der Waals surface area contributed by atoms with Crippen LogP contribution in [-0.4, -0.2) is 106 Å². The summed E-state index contributed by atoms with van der Waals surface area (Å²) in [6.07, 6.45) is 3.53. The van der Waals surface area contributed by atoms with Crippen molar-refractivity contribution in [3.63, 3.8) is 0 Å². The normalized spacial score (nSPS) is 25.1. The van der Waals surface area contributed by atoms with E-state index in [0.29, 0.717) is 85.9 Å². The first-order valence-corrected chi connectivity index (χ1v) is 25.6. The lowest BCUT2D eigenvalue weighted by molar-refractivity contribution is -0.160. The molecule has 2 aromatic rings. The number of aromatic nitrogens is 1. The van der Waals surface area contributed by atoms with Crippen molar-refractivity contribution < 1.29 is 63.3 Å². The maximum atomic E-state index is 14.9. The number of hydrogen-bond acceptors (Lipinski definition) is 15. The molecule has 0 radical (unpaired) electrons. The molecule has 3 N–H and O–H groups in total. The molecule has 5 fully saturated rings. The van der Waals surface area contributed by atoms with E-state index in [4.69, 9.17) is 34.7 Å². The van der Waals surface area contributed by atoms with Crippen molar-refractivity contribution in [2.45, 2.75) is 148 Å². The lowest BCUT2D eigenvalue weighted by atomic mass is 9.82. The number of likely N-dealkylation sites (tertiary alicyclic amines) is 1. The SMILES string of the molecule is CC1(OS(N)(=O)=O)CC1.CCOc1cc(O[C@@H]2C[C@@H](C(=O)C[C@]3(C(=O)NS(=O)(=O)OC4(C)CC4)C[C@H]3CC)N(C(=O)[C@@H](CC(=O)OC(C)(C)C)C3CCOCC3)C2)c2cccc(Cl)c2n1. The predicted octanol–water partition coefficient (Wildman–Crippen LogP) is 5.47. The Hall–Kier alpha value is -3.66. The van der Waals surface area contributed by atoms with Crippen LogP contribution in [0, 0.1) is 23.2 Å². The summed E-state index contributed by atoms with van der Waals surface area (Å²) in [7, 11) is -8.14. The summed E-state index contributed by atoms with van der Waals surface area (Å²) in [5.74, 6) is -2.67. The van der Waals surface area contributed by atoms with Crippen molar-refractivity contribution in [3.05, 3.63) is 29.3 Å². The van der Waals surface area contributed by atoms with Crippen molar-refractivity contribution in [1.29, 1.82) is 0 Å². The van der Waals surface area contributed by atoms with Gasteiger partial charge in [-0.05, 0) is 110 Å². The van der Waals surface area contributed by atoms with Gasteiger partial charge in [0.25, 0.3) is 0 Å². The van der Waals surface area contributed by atoms with E-state index < -0.39 is 78.5 Å². The summed E-state index contributed by atoms with van der Waals surface area (Å²) in [4.78, 5) is 62.6. The molecule has 2 saturated heterocycles. The van der Waals surface area contributed by atoms with Gasteiger partial charge in [0.2, 0.25) is 17.7 Å². The summed E-state index contributed by atoms with van der Waals surface area (Å²) in [6.45, 7) is 13.6. The van der Waals surface area contributed by atoms with E-state index in [9.17, 15) is 36.0 Å². The average molecular weight is 972 g/mol. The van der Waals surface area contributed by atoms with Gasteiger partial charge in [0.05, 0.1) is 58.7 Å². The number of carbonyl (C=O) groups is 4. The zero-order valence-electron chi connectivity index (χ0n) is 38.2. The van der Waals surface area contributed by atoms with Gasteiger partial charge in [-0.2, -0.15) is 16.8 Å². The Balaban J connectivity index is 0.000000694. The van der Waals surface area contributed by atoms with Crippen LogP contribution in [-0.2, 0) is 57.6 Å². The highest BCUT2D eigenvalue weighted by Gasteiger charge is 2.62. The van der Waals surface area contributed by atoms with Crippen molar-refractivity contribution in [1.82, 2.24) is 14.6 Å². The number of Topliss-reactive ketones (excluding diaryl/α,β-unsaturated/α-hetero) is 1. The number of amides is 2. The quantitative estimate of drug-likeness (QED) is 0.176. The van der Waals surface area contributed by atoms with Crippen molar-refractivity contribution in [2.75, 3.05) is 26.4 Å². The van der Waals surface area contributed by atoms with E-state index >= 15 is 0 Å². The number of esters is 1. The van der Waals surface area contributed by atoms with E-state index in [1.54, 1.807) is 52.8 Å². The first-order chi connectivity index (χ1) is 30.3. The lowest BCUT2D eigenvalue weighted by Crippen LogP contribution is -2.48. The van der Waals surface area contributed by atoms with E-state index in [2.05, 4.69) is 19.0 Å². The van der Waals surface area contributed by atoms with Crippen LogP contribution in [0.3, 0.4) is 0 Å². The van der Waals surface area contributed by atoms with E-state index in [1.807, 2.05) is 19.9 Å². The molecule has 3 saturated carbocycles. The Kier molecular flexibility index (Phi) is 15.2. The molecule has 2 amide bonds. The van der Waals surface area contributed by atoms with Crippen LogP contribution in [0.5, 0.6) is 11.6 Å². The number of ketones is 1. The fraction of sp³-hybridized carbons (Fsp3) is 0.705. The average Bonchev–Trinajstić information content (AvgIpc) is 4.16. The molecule has 7 rings (SSSR count). The van der Waals surface area contributed by atoms with Crippen LogP contribution in [0.4, 0.5) is 0 Å². The fourth-order valence-corrected chi connectivity index (χ4v) is 10.8. The number of nitrogens with zero attached hydrogens (tertiary/aromatic N) is 2. The summed E-state index contributed by atoms with van der Waals surface area (Å²) < 4.78 is 81.6. The number of benzene rings is 1. The number of carbonyl (C=O) groups excluding carboxylic acids is 4. The molecule has 21 heteroatoms. The molecule has 1 aromatic carbocycles. The van der Waals surface area contributed by atoms with Crippen LogP contribution in [0.25, 0.3) is 10.9 Å². The number of hydrogen-bond donors (Lipinski definition) is 2. The molecule has 5 aliphatic rings. The number of para-hydroxylation sites is 1. The molecule has 3 heterocycles. The summed E-state index contributed by atoms with van der Waals surface area (Å²) in [5.41, 5.74) is -2.92. The Morgan fingerprint density at radius 3 is 2.22 bits per heavy atom. The largest absolute Gasteiger partial charge is 0.488 e. The lowest BCUT2D eigenvalue weighted by Gasteiger charge is -2.34. The molecular weight excluding hydrogens is 908 g/mol. The van der Waals surface area contributed by atoms with E-state index in [1.165, 1.54) is 4.90 Å². The maximum Gasteiger partial charge on any atom is 0.362 e. The molecule has 1 aromatic heterocycles. The van der Waals surface area contributed by atoms with Crippen LogP contribution < -0.4 is 19.3 Å². The third-order valence-corrected chi connectivity index (χ3v) is 14.6. The highest BCUT2D eigenvalue weighted by molar-refractivity contribution is 7.85. The minimum Gasteiger partial charge on any atom is -0.488 e. The first-order valence-electron chi connectivity index (χ1n) is 22.3. The number of ether oxygens (including phenoxy) is 4. The standard InChI is InChI=1S/C40H54ClN3O11S.C4H9NO3S/c1-7-25-21-40(25,37(48)43-56(49,50)55-39(6)14-15-39)22-31(45)30-18-26(53-32-20-33(52-8-2)42-35-27(32)10-9-11-29(35)41)23-44(30)36(47)28(24-12-16-51-17-13-24)19-34(46)54-38(3,4)5;1-4(2-3-4)8-9(5,6)7/h9-11,20,24-26,28,30H,7-8,12-19,21-23H2,1-6H3,(H,43,48);2-3H2,1H3,(H2,5,6,7)/t25-,26-,28+,30+,40-;/m1./s1. The molecule has 18 nitrogen and oxygen atoms in total. The van der Waals surface area contributed by atoms with E-state index in [0.717, 1.165) is 12.8 Å². The second-order valence-electron chi connectivity index (χ2n) is 19.4. The third-order valence-electron chi connectivity index (χ3n) is 12.6. The monoisotopic (exact) mass is 970 g/mol. The zero-order valence-corrected chi connectivity index (χ0v) is 40.6. The van der Waals surface area contributed by atoms with Crippen LogP contribution in [0.2, 0.25) is 5.02 Å². The fourth-order valence-electron chi connectivity index (χ4n) is 8.66. The molecule has 3 aliphatic carbocycles. The number of fused-ring (bicyclic) bond motifs is 1. The number of pyridine rings is 1.